The van der Waals surface area contributed by atoms with E-state index in [-0.39, 0.29) is 61.2 Å². The van der Waals surface area contributed by atoms with Crippen LogP contribution in [0.25, 0.3) is 0 Å². The number of aliphatic hydroxyl groups is 1. The molecule has 9 heterocycles. The fourth-order valence-corrected chi connectivity index (χ4v) is 18.7. The summed E-state index contributed by atoms with van der Waals surface area (Å²) in [4.78, 5) is 6.04. The Bertz CT molecular complexity index is 2030. The lowest BCUT2D eigenvalue weighted by Gasteiger charge is -2.41. The summed E-state index contributed by atoms with van der Waals surface area (Å²) in [6.07, 6.45) is 14.4. The van der Waals surface area contributed by atoms with Gasteiger partial charge >= 0.3 is 0 Å². The van der Waals surface area contributed by atoms with Crippen molar-refractivity contribution in [1.82, 2.24) is 42.5 Å². The number of nitrogens with one attached hydrogen (secondary N) is 8. The molecule has 13 heteroatoms. The van der Waals surface area contributed by atoms with Crippen molar-refractivity contribution in [3.05, 3.63) is 89.6 Å². The predicted molar refractivity (Wildman–Crippen MR) is 248 cm³/mol. The van der Waals surface area contributed by atoms with Crippen LogP contribution in [-0.2, 0) is 0 Å². The van der Waals surface area contributed by atoms with E-state index in [0.717, 1.165) is 12.8 Å². The molecule has 5 aliphatic heterocycles. The largest absolute Gasteiger partial charge is 0.392 e. The van der Waals surface area contributed by atoms with Crippen molar-refractivity contribution >= 4 is 45.3 Å². The summed E-state index contributed by atoms with van der Waals surface area (Å²) in [6.45, 7) is 0. The van der Waals surface area contributed by atoms with Gasteiger partial charge in [-0.2, -0.15) is 0 Å². The first kappa shape index (κ1) is 39.8. The number of hydrogen-bond donors (Lipinski definition) is 9. The molecule has 4 aromatic rings. The van der Waals surface area contributed by atoms with Gasteiger partial charge in [0.1, 0.15) is 0 Å². The average molecular weight is 897 g/mol. The second-order valence-electron chi connectivity index (χ2n) is 20.6. The molecular weight excluding hydrogens is 833 g/mol. The molecule has 4 saturated carbocycles. The van der Waals surface area contributed by atoms with Crippen LogP contribution in [0.5, 0.6) is 0 Å². The van der Waals surface area contributed by atoms with E-state index in [1.165, 1.54) is 62.7 Å². The summed E-state index contributed by atoms with van der Waals surface area (Å²) in [5.74, 6) is 5.86. The minimum absolute atomic E-state index is 0.0160. The zero-order valence-corrected chi connectivity index (χ0v) is 38.2. The fraction of sp³-hybridized carbons (Fsp3) is 0.667. The molecular formula is C48H64N8OS4. The molecule has 0 radical (unpaired) electrons. The van der Waals surface area contributed by atoms with Crippen LogP contribution in [-0.4, -0.2) is 60.5 Å². The molecule has 5 saturated heterocycles. The van der Waals surface area contributed by atoms with Crippen molar-refractivity contribution in [2.75, 3.05) is 0 Å². The number of rotatable bonds is 4. The fourth-order valence-electron chi connectivity index (χ4n) is 15.2. The smallest absolute Gasteiger partial charge is 0.0676 e. The summed E-state index contributed by atoms with van der Waals surface area (Å²) in [5.41, 5.74) is 0. The molecule has 9 N–H and O–H groups in total. The molecule has 326 valence electrons. The van der Waals surface area contributed by atoms with Crippen LogP contribution in [0, 0.1) is 47.3 Å². The molecule has 4 aromatic heterocycles. The van der Waals surface area contributed by atoms with Gasteiger partial charge in [-0.3, -0.25) is 42.5 Å². The highest BCUT2D eigenvalue weighted by molar-refractivity contribution is 7.10. The van der Waals surface area contributed by atoms with Gasteiger partial charge in [0.15, 0.2) is 0 Å². The number of hydrogen-bond acceptors (Lipinski definition) is 13. The minimum atomic E-state index is -0.394. The molecule has 0 aromatic carbocycles. The van der Waals surface area contributed by atoms with Gasteiger partial charge in [0, 0.05) is 31.3 Å². The van der Waals surface area contributed by atoms with E-state index < -0.39 is 6.10 Å². The highest BCUT2D eigenvalue weighted by Crippen LogP contribution is 2.52. The third-order valence-electron chi connectivity index (χ3n) is 18.0. The predicted octanol–water partition coefficient (Wildman–Crippen LogP) is 7.40. The summed E-state index contributed by atoms with van der Waals surface area (Å²) >= 11 is 7.69. The van der Waals surface area contributed by atoms with Gasteiger partial charge in [0.2, 0.25) is 0 Å². The quantitative estimate of drug-likeness (QED) is 0.104. The SMILES string of the molecule is OC1C(c2cccs2)CCC2C3NC4NC(NC5NC(NC6NC(NC(N3)C12)C1CCC(c2cccs2)CC61)C1CCC(c2cccs2)CC51)C1CCC(c2cccs2)CC41. The maximum absolute atomic E-state index is 12.6. The van der Waals surface area contributed by atoms with Crippen LogP contribution in [0.2, 0.25) is 0 Å². The summed E-state index contributed by atoms with van der Waals surface area (Å²) in [5, 5.41) is 56.1. The second kappa shape index (κ2) is 16.4. The van der Waals surface area contributed by atoms with E-state index in [9.17, 15) is 5.11 Å². The Labute approximate surface area is 377 Å². The highest BCUT2D eigenvalue weighted by Gasteiger charge is 2.58. The Balaban J connectivity index is 0.860. The molecule has 0 amide bonds. The molecule has 4 aliphatic carbocycles. The van der Waals surface area contributed by atoms with Gasteiger partial charge in [0.05, 0.1) is 55.4 Å². The zero-order chi connectivity index (χ0) is 40.2. The second-order valence-corrected chi connectivity index (χ2v) is 24.6. The molecule has 0 spiro atoms. The van der Waals surface area contributed by atoms with E-state index in [2.05, 4.69) is 113 Å². The summed E-state index contributed by atoms with van der Waals surface area (Å²) in [6, 6.07) is 18.3. The Morgan fingerprint density at radius 3 is 1.07 bits per heavy atom. The van der Waals surface area contributed by atoms with E-state index in [4.69, 9.17) is 0 Å². The Hall–Kier alpha value is -1.56. The van der Waals surface area contributed by atoms with Crippen LogP contribution in [0.3, 0.4) is 0 Å². The van der Waals surface area contributed by atoms with Gasteiger partial charge in [-0.15, -0.1) is 45.3 Å². The van der Waals surface area contributed by atoms with E-state index in [0.29, 0.717) is 59.2 Å². The average Bonchev–Trinajstić information content (AvgIpc) is 4.14. The van der Waals surface area contributed by atoms with Crippen LogP contribution >= 0.6 is 45.3 Å². The van der Waals surface area contributed by atoms with Crippen LogP contribution in [0.15, 0.2) is 70.1 Å². The standard InChI is InChI=1S/C48H64N8OS4/c57-40-30(38-8-4-20-61-38)15-16-31-39(40)48-55-43-29-14-11-26(37-7-3-19-60-37)23-34(29)46(53-43)51-41-27-12-9-24(35-5-1-17-58-35)21-32(27)45(49-41)50-42-28-13-10-25(36-6-2-18-59-36)22-33(28)47(52-42)54-44(31)56-48/h1-8,17-20,24-34,39-57H,9-16,21-23H2. The van der Waals surface area contributed by atoms with Gasteiger partial charge in [-0.05, 0) is 176 Å². The molecule has 21 atom stereocenters. The van der Waals surface area contributed by atoms with Gasteiger partial charge < -0.3 is 5.11 Å². The van der Waals surface area contributed by atoms with Gasteiger partial charge in [0.25, 0.3) is 0 Å². The lowest BCUT2D eigenvalue weighted by molar-refractivity contribution is 0.00774. The Morgan fingerprint density at radius 2 is 0.689 bits per heavy atom. The zero-order valence-electron chi connectivity index (χ0n) is 34.9. The van der Waals surface area contributed by atoms with E-state index >= 15 is 0 Å². The third kappa shape index (κ3) is 7.06. The first-order chi connectivity index (χ1) is 30.1. The number of thiophene rings is 4. The topological polar surface area (TPSA) is 116 Å². The molecule has 21 unspecified atom stereocenters. The van der Waals surface area contributed by atoms with Crippen molar-refractivity contribution in [2.24, 2.45) is 47.3 Å². The van der Waals surface area contributed by atoms with Crippen LogP contribution < -0.4 is 42.5 Å². The van der Waals surface area contributed by atoms with Crippen molar-refractivity contribution in [2.45, 2.75) is 150 Å². The molecule has 9 aliphatic rings. The summed E-state index contributed by atoms with van der Waals surface area (Å²) in [7, 11) is 0. The van der Waals surface area contributed by atoms with Gasteiger partial charge in [-0.25, -0.2) is 0 Å². The molecule has 9 nitrogen and oxygen atoms in total. The minimum Gasteiger partial charge on any atom is -0.392 e. The normalized spacial score (nSPS) is 48.0. The van der Waals surface area contributed by atoms with Crippen LogP contribution in [0.1, 0.15) is 114 Å². The monoisotopic (exact) mass is 896 g/mol. The molecule has 61 heavy (non-hydrogen) atoms. The highest BCUT2D eigenvalue weighted by atomic mass is 32.1. The lowest BCUT2D eigenvalue weighted by Crippen LogP contribution is -2.62. The molecule has 9 fully saturated rings. The third-order valence-corrected chi connectivity index (χ3v) is 22.1. The van der Waals surface area contributed by atoms with Crippen molar-refractivity contribution in [1.29, 1.82) is 0 Å². The van der Waals surface area contributed by atoms with E-state index in [1.807, 2.05) is 45.3 Å². The van der Waals surface area contributed by atoms with Crippen molar-refractivity contribution in [3.63, 3.8) is 0 Å². The molecule has 8 bridgehead atoms. The Kier molecular flexibility index (Phi) is 10.7. The maximum Gasteiger partial charge on any atom is 0.0676 e. The number of fused-ring (bicyclic) bond motifs is 20. The van der Waals surface area contributed by atoms with Crippen LogP contribution in [0.4, 0.5) is 0 Å². The van der Waals surface area contributed by atoms with E-state index in [1.54, 1.807) is 14.6 Å². The molecule has 13 rings (SSSR count). The lowest BCUT2D eigenvalue weighted by atomic mass is 9.70. The first-order valence-corrected chi connectivity index (χ1v) is 27.5. The first-order valence-electron chi connectivity index (χ1n) is 24.0. The van der Waals surface area contributed by atoms with Crippen molar-refractivity contribution < 1.29 is 5.11 Å². The summed E-state index contributed by atoms with van der Waals surface area (Å²) < 4.78 is 0. The van der Waals surface area contributed by atoms with Crippen molar-refractivity contribution in [3.8, 4) is 0 Å². The number of aliphatic hydroxyl groups excluding tert-OH is 1. The van der Waals surface area contributed by atoms with Gasteiger partial charge in [-0.1, -0.05) is 24.3 Å². The Morgan fingerprint density at radius 1 is 0.361 bits per heavy atom. The maximum atomic E-state index is 12.6.